The second-order valence-electron chi connectivity index (χ2n) is 6.46. The van der Waals surface area contributed by atoms with Crippen molar-refractivity contribution in [3.63, 3.8) is 0 Å². The summed E-state index contributed by atoms with van der Waals surface area (Å²) in [7, 11) is 0. The van der Waals surface area contributed by atoms with Crippen molar-refractivity contribution in [1.29, 1.82) is 0 Å². The van der Waals surface area contributed by atoms with E-state index in [1.807, 2.05) is 54.6 Å². The summed E-state index contributed by atoms with van der Waals surface area (Å²) in [6.45, 7) is 2.25. The predicted octanol–water partition coefficient (Wildman–Crippen LogP) is 2.62. The summed E-state index contributed by atoms with van der Waals surface area (Å²) in [6, 6.07) is 17.4. The average molecular weight is 378 g/mol. The van der Waals surface area contributed by atoms with Gasteiger partial charge < -0.3 is 4.74 Å². The summed E-state index contributed by atoms with van der Waals surface area (Å²) >= 11 is 0. The van der Waals surface area contributed by atoms with Crippen LogP contribution in [0.4, 0.5) is 0 Å². The van der Waals surface area contributed by atoms with Crippen LogP contribution in [-0.4, -0.2) is 23.7 Å². The Hall–Kier alpha value is -3.48. The van der Waals surface area contributed by atoms with Crippen LogP contribution in [0.5, 0.6) is 5.75 Å². The van der Waals surface area contributed by atoms with Gasteiger partial charge in [0, 0.05) is 12.1 Å². The van der Waals surface area contributed by atoms with Crippen LogP contribution in [0, 0.1) is 5.92 Å². The molecule has 2 aromatic carbocycles. The fourth-order valence-electron chi connectivity index (χ4n) is 2.76. The van der Waals surface area contributed by atoms with E-state index >= 15 is 0 Å². The van der Waals surface area contributed by atoms with Gasteiger partial charge in [0.1, 0.15) is 12.4 Å². The molecule has 0 fully saturated rings. The maximum Gasteiger partial charge on any atom is 0.248 e. The van der Waals surface area contributed by atoms with E-state index in [1.54, 1.807) is 13.1 Å². The molecule has 0 aliphatic carbocycles. The van der Waals surface area contributed by atoms with Crippen molar-refractivity contribution in [1.82, 2.24) is 10.9 Å². The van der Waals surface area contributed by atoms with Crippen molar-refractivity contribution in [3.05, 3.63) is 65.7 Å². The Kier molecular flexibility index (Phi) is 6.51. The first kappa shape index (κ1) is 19.3. The molecular formula is C21H22N4O3. The normalized spacial score (nSPS) is 16.0. The van der Waals surface area contributed by atoms with Crippen molar-refractivity contribution in [2.24, 2.45) is 16.1 Å². The number of hydrogen-bond acceptors (Lipinski definition) is 5. The molecule has 0 spiro atoms. The van der Waals surface area contributed by atoms with E-state index in [2.05, 4.69) is 21.1 Å². The van der Waals surface area contributed by atoms with Crippen LogP contribution in [-0.2, 0) is 16.2 Å². The first-order valence-corrected chi connectivity index (χ1v) is 9.04. The van der Waals surface area contributed by atoms with Gasteiger partial charge in [0.2, 0.25) is 11.8 Å². The zero-order valence-electron chi connectivity index (χ0n) is 15.6. The minimum absolute atomic E-state index is 0.166. The van der Waals surface area contributed by atoms with Gasteiger partial charge in [-0.2, -0.15) is 10.2 Å². The van der Waals surface area contributed by atoms with Crippen molar-refractivity contribution in [2.45, 2.75) is 26.4 Å². The van der Waals surface area contributed by atoms with Crippen LogP contribution in [0.15, 0.2) is 64.8 Å². The summed E-state index contributed by atoms with van der Waals surface area (Å²) in [4.78, 5) is 23.5. The van der Waals surface area contributed by atoms with E-state index in [1.165, 1.54) is 0 Å². The lowest BCUT2D eigenvalue weighted by Crippen LogP contribution is -2.25. The summed E-state index contributed by atoms with van der Waals surface area (Å²) in [5, 5.41) is 7.84. The molecule has 2 amide bonds. The highest BCUT2D eigenvalue weighted by Crippen LogP contribution is 2.15. The Labute approximate surface area is 163 Å². The third-order valence-electron chi connectivity index (χ3n) is 4.33. The molecule has 7 heteroatoms. The van der Waals surface area contributed by atoms with Crippen LogP contribution in [0.2, 0.25) is 0 Å². The number of nitrogens with one attached hydrogen (secondary N) is 2. The average Bonchev–Trinajstić information content (AvgIpc) is 3.03. The third-order valence-corrected chi connectivity index (χ3v) is 4.33. The van der Waals surface area contributed by atoms with Crippen molar-refractivity contribution < 1.29 is 14.3 Å². The van der Waals surface area contributed by atoms with Crippen LogP contribution in [0.25, 0.3) is 0 Å². The molecule has 28 heavy (non-hydrogen) atoms. The SMILES string of the molecule is CC1=NNC(=O)[C@@H]1CCC(=O)N/N=C\c1cccc(OCc2ccccc2)c1. The number of nitrogens with zero attached hydrogens (tertiary/aromatic N) is 2. The van der Waals surface area contributed by atoms with Crippen LogP contribution in [0.3, 0.4) is 0 Å². The molecule has 7 nitrogen and oxygen atoms in total. The second-order valence-corrected chi connectivity index (χ2v) is 6.46. The maximum atomic E-state index is 11.9. The van der Waals surface area contributed by atoms with E-state index in [0.717, 1.165) is 16.9 Å². The molecule has 2 aromatic rings. The minimum Gasteiger partial charge on any atom is -0.489 e. The lowest BCUT2D eigenvalue weighted by Gasteiger charge is -2.07. The molecule has 1 aliphatic rings. The van der Waals surface area contributed by atoms with E-state index in [-0.39, 0.29) is 24.2 Å². The molecule has 0 bridgehead atoms. The van der Waals surface area contributed by atoms with E-state index in [4.69, 9.17) is 4.74 Å². The molecule has 2 N–H and O–H groups in total. The summed E-state index contributed by atoms with van der Waals surface area (Å²) < 4.78 is 5.78. The number of hydrogen-bond donors (Lipinski definition) is 2. The summed E-state index contributed by atoms with van der Waals surface area (Å²) in [6.07, 6.45) is 2.16. The fourth-order valence-corrected chi connectivity index (χ4v) is 2.76. The number of amides is 2. The highest BCUT2D eigenvalue weighted by molar-refractivity contribution is 6.07. The van der Waals surface area contributed by atoms with Crippen molar-refractivity contribution >= 4 is 23.7 Å². The molecule has 1 atom stereocenters. The largest absolute Gasteiger partial charge is 0.489 e. The zero-order valence-corrected chi connectivity index (χ0v) is 15.6. The first-order valence-electron chi connectivity index (χ1n) is 9.04. The lowest BCUT2D eigenvalue weighted by molar-refractivity contribution is -0.123. The molecular weight excluding hydrogens is 356 g/mol. The van der Waals surface area contributed by atoms with Gasteiger partial charge in [0.05, 0.1) is 12.1 Å². The second kappa shape index (κ2) is 9.45. The van der Waals surface area contributed by atoms with Crippen LogP contribution in [0.1, 0.15) is 30.9 Å². The van der Waals surface area contributed by atoms with E-state index in [9.17, 15) is 9.59 Å². The Morgan fingerprint density at radius 2 is 2.07 bits per heavy atom. The Morgan fingerprint density at radius 3 is 2.82 bits per heavy atom. The zero-order chi connectivity index (χ0) is 19.8. The Balaban J connectivity index is 1.45. The van der Waals surface area contributed by atoms with Gasteiger partial charge in [0.25, 0.3) is 0 Å². The standard InChI is InChI=1S/C21H22N4O3/c1-15-19(21(27)25-23-15)10-11-20(26)24-22-13-17-8-5-9-18(12-17)28-14-16-6-3-2-4-7-16/h2-9,12-13,19H,10-11,14H2,1H3,(H,24,26)(H,25,27)/b22-13-/t19-/m1/s1. The molecule has 1 heterocycles. The molecule has 0 saturated heterocycles. The highest BCUT2D eigenvalue weighted by atomic mass is 16.5. The highest BCUT2D eigenvalue weighted by Gasteiger charge is 2.26. The smallest absolute Gasteiger partial charge is 0.248 e. The number of hydrazone groups is 2. The Morgan fingerprint density at radius 1 is 1.25 bits per heavy atom. The van der Waals surface area contributed by atoms with Gasteiger partial charge in [-0.15, -0.1) is 0 Å². The van der Waals surface area contributed by atoms with Gasteiger partial charge in [0.15, 0.2) is 0 Å². The van der Waals surface area contributed by atoms with E-state index in [0.29, 0.717) is 18.7 Å². The molecule has 0 radical (unpaired) electrons. The fraction of sp³-hybridized carbons (Fsp3) is 0.238. The Bertz CT molecular complexity index is 894. The number of carbonyl (C=O) groups excluding carboxylic acids is 2. The van der Waals surface area contributed by atoms with Gasteiger partial charge in [-0.05, 0) is 36.6 Å². The van der Waals surface area contributed by atoms with Crippen molar-refractivity contribution in [2.75, 3.05) is 0 Å². The number of rotatable bonds is 8. The number of ether oxygens (including phenoxy) is 1. The molecule has 3 rings (SSSR count). The molecule has 0 saturated carbocycles. The summed E-state index contributed by atoms with van der Waals surface area (Å²) in [5.41, 5.74) is 7.49. The van der Waals surface area contributed by atoms with Gasteiger partial charge >= 0.3 is 0 Å². The van der Waals surface area contributed by atoms with E-state index < -0.39 is 0 Å². The quantitative estimate of drug-likeness (QED) is 0.546. The minimum atomic E-state index is -0.340. The molecule has 0 unspecified atom stereocenters. The topological polar surface area (TPSA) is 92.2 Å². The molecule has 0 aromatic heterocycles. The van der Waals surface area contributed by atoms with Crippen LogP contribution >= 0.6 is 0 Å². The van der Waals surface area contributed by atoms with Gasteiger partial charge in [-0.1, -0.05) is 42.5 Å². The van der Waals surface area contributed by atoms with Gasteiger partial charge in [-0.3, -0.25) is 9.59 Å². The number of benzene rings is 2. The maximum absolute atomic E-state index is 11.9. The van der Waals surface area contributed by atoms with Gasteiger partial charge in [-0.25, -0.2) is 10.9 Å². The van der Waals surface area contributed by atoms with Crippen LogP contribution < -0.4 is 15.6 Å². The summed E-state index contributed by atoms with van der Waals surface area (Å²) in [5.74, 6) is -0.0318. The monoisotopic (exact) mass is 378 g/mol. The lowest BCUT2D eigenvalue weighted by atomic mass is 9.99. The number of carbonyl (C=O) groups is 2. The first-order chi connectivity index (χ1) is 13.6. The molecule has 144 valence electrons. The predicted molar refractivity (Wildman–Crippen MR) is 107 cm³/mol. The third kappa shape index (κ3) is 5.51. The van der Waals surface area contributed by atoms with Crippen molar-refractivity contribution in [3.8, 4) is 5.75 Å². The molecule has 1 aliphatic heterocycles.